The van der Waals surface area contributed by atoms with Crippen LogP contribution >= 0.6 is 11.3 Å². The van der Waals surface area contributed by atoms with Crippen LogP contribution in [0, 0.1) is 0 Å². The van der Waals surface area contributed by atoms with Gasteiger partial charge in [-0.2, -0.15) is 0 Å². The monoisotopic (exact) mass is 225 g/mol. The number of carboxylic acids is 1. The summed E-state index contributed by atoms with van der Waals surface area (Å²) in [6.45, 7) is 3.14. The van der Waals surface area contributed by atoms with Crippen molar-refractivity contribution in [3.8, 4) is 0 Å². The summed E-state index contributed by atoms with van der Waals surface area (Å²) in [7, 11) is 0. The molecule has 0 saturated heterocycles. The van der Waals surface area contributed by atoms with Crippen LogP contribution in [0.15, 0.2) is 6.20 Å². The Morgan fingerprint density at radius 1 is 1.69 bits per heavy atom. The van der Waals surface area contributed by atoms with Gasteiger partial charge in [0.1, 0.15) is 11.0 Å². The standard InChI is InChI=1S/C7H9NO3S.K/c1-7(2,11)4-3-8-5(12-4)6(9)10;/h3,11H,1-2H3,(H,9,10);/q;+1/p-1. The number of rotatable bonds is 2. The number of hydrogen-bond acceptors (Lipinski definition) is 5. The molecule has 0 aliphatic carbocycles. The largest absolute Gasteiger partial charge is 1.00 e. The maximum atomic E-state index is 10.3. The van der Waals surface area contributed by atoms with Crippen molar-refractivity contribution in [2.24, 2.45) is 0 Å². The summed E-state index contributed by atoms with van der Waals surface area (Å²) in [5.74, 6) is -1.31. The molecule has 0 amide bonds. The van der Waals surface area contributed by atoms with Crippen LogP contribution in [0.2, 0.25) is 0 Å². The Labute approximate surface area is 122 Å². The Balaban J connectivity index is 0.00000144. The Hall–Kier alpha value is 0.696. The molecule has 0 spiro atoms. The molecule has 1 heterocycles. The second-order valence-corrected chi connectivity index (χ2v) is 3.91. The summed E-state index contributed by atoms with van der Waals surface area (Å²) in [4.78, 5) is 14.4. The Morgan fingerprint density at radius 2 is 2.23 bits per heavy atom. The molecule has 0 aromatic carbocycles. The van der Waals surface area contributed by atoms with Gasteiger partial charge in [0.15, 0.2) is 0 Å². The summed E-state index contributed by atoms with van der Waals surface area (Å²) < 4.78 is 0. The summed E-state index contributed by atoms with van der Waals surface area (Å²) in [6, 6.07) is 0. The molecule has 0 bridgehead atoms. The van der Waals surface area contributed by atoms with Gasteiger partial charge in [-0.1, -0.05) is 0 Å². The number of hydrogen-bond donors (Lipinski definition) is 1. The molecule has 0 saturated carbocycles. The summed E-state index contributed by atoms with van der Waals surface area (Å²) in [6.07, 6.45) is 1.34. The Bertz CT molecular complexity index is 305. The first-order valence-corrected chi connectivity index (χ1v) is 4.13. The molecule has 1 N–H and O–H groups in total. The minimum absolute atomic E-state index is 0. The first-order valence-electron chi connectivity index (χ1n) is 3.31. The van der Waals surface area contributed by atoms with Crippen LogP contribution in [0.1, 0.15) is 28.5 Å². The van der Waals surface area contributed by atoms with E-state index < -0.39 is 11.6 Å². The molecular formula is C7H8KNO3S. The number of nitrogens with zero attached hydrogens (tertiary/aromatic N) is 1. The summed E-state index contributed by atoms with van der Waals surface area (Å²) in [5, 5.41) is 19.6. The van der Waals surface area contributed by atoms with Crippen LogP contribution in [0.25, 0.3) is 0 Å². The minimum atomic E-state index is -1.31. The Kier molecular flexibility index (Phi) is 5.24. The first kappa shape index (κ1) is 13.7. The van der Waals surface area contributed by atoms with Crippen LogP contribution in [0.5, 0.6) is 0 Å². The van der Waals surface area contributed by atoms with Gasteiger partial charge in [0, 0.05) is 6.20 Å². The third kappa shape index (κ3) is 3.74. The van der Waals surface area contributed by atoms with Gasteiger partial charge >= 0.3 is 51.4 Å². The second kappa shape index (κ2) is 4.97. The molecule has 0 aliphatic rings. The summed E-state index contributed by atoms with van der Waals surface area (Å²) in [5.41, 5.74) is -1.04. The van der Waals surface area contributed by atoms with Gasteiger partial charge < -0.3 is 15.0 Å². The van der Waals surface area contributed by atoms with Gasteiger partial charge in [-0.25, -0.2) is 4.98 Å². The molecule has 66 valence electrons. The van der Waals surface area contributed by atoms with E-state index in [1.807, 2.05) is 0 Å². The van der Waals surface area contributed by atoms with Crippen molar-refractivity contribution in [3.63, 3.8) is 0 Å². The predicted molar refractivity (Wildman–Crippen MR) is 41.7 cm³/mol. The average Bonchev–Trinajstić information content (AvgIpc) is 2.30. The SMILES string of the molecule is CC(C)(O)c1cnc(C(=O)[O-])s1.[K+]. The number of aliphatic hydroxyl groups is 1. The van der Waals surface area contributed by atoms with Gasteiger partial charge in [-0.05, 0) is 13.8 Å². The van der Waals surface area contributed by atoms with E-state index in [2.05, 4.69) is 4.98 Å². The van der Waals surface area contributed by atoms with E-state index in [0.717, 1.165) is 11.3 Å². The molecule has 4 nitrogen and oxygen atoms in total. The fraction of sp³-hybridized carbons (Fsp3) is 0.429. The molecule has 1 aromatic rings. The molecule has 0 aliphatic heterocycles. The Morgan fingerprint density at radius 3 is 2.46 bits per heavy atom. The van der Waals surface area contributed by atoms with Gasteiger partial charge in [-0.3, -0.25) is 0 Å². The zero-order chi connectivity index (χ0) is 9.35. The van der Waals surface area contributed by atoms with Crippen LogP contribution in [-0.4, -0.2) is 16.1 Å². The van der Waals surface area contributed by atoms with Crippen molar-refractivity contribution in [3.05, 3.63) is 16.1 Å². The van der Waals surface area contributed by atoms with Crippen molar-refractivity contribution >= 4 is 17.3 Å². The smallest absolute Gasteiger partial charge is 0.542 e. The molecule has 13 heavy (non-hydrogen) atoms. The molecule has 0 fully saturated rings. The number of carbonyl (C=O) groups is 1. The zero-order valence-electron chi connectivity index (χ0n) is 7.70. The molecule has 0 radical (unpaired) electrons. The number of aromatic carboxylic acids is 1. The normalized spacial score (nSPS) is 10.7. The van der Waals surface area contributed by atoms with Crippen LogP contribution in [-0.2, 0) is 5.60 Å². The van der Waals surface area contributed by atoms with Crippen molar-refractivity contribution in [1.82, 2.24) is 4.98 Å². The molecular weight excluding hydrogens is 217 g/mol. The van der Waals surface area contributed by atoms with E-state index in [-0.39, 0.29) is 56.4 Å². The van der Waals surface area contributed by atoms with Crippen molar-refractivity contribution in [2.75, 3.05) is 0 Å². The molecule has 6 heteroatoms. The fourth-order valence-corrected chi connectivity index (χ4v) is 1.40. The molecule has 0 unspecified atom stereocenters. The predicted octanol–water partition coefficient (Wildman–Crippen LogP) is -3.26. The second-order valence-electron chi connectivity index (χ2n) is 2.88. The van der Waals surface area contributed by atoms with Gasteiger partial charge in [0.2, 0.25) is 0 Å². The maximum absolute atomic E-state index is 10.3. The number of aromatic nitrogens is 1. The molecule has 0 atom stereocenters. The average molecular weight is 225 g/mol. The fourth-order valence-electron chi connectivity index (χ4n) is 0.651. The first-order chi connectivity index (χ1) is 5.41. The van der Waals surface area contributed by atoms with E-state index >= 15 is 0 Å². The van der Waals surface area contributed by atoms with E-state index in [0.29, 0.717) is 4.88 Å². The van der Waals surface area contributed by atoms with Gasteiger partial charge in [0.25, 0.3) is 0 Å². The number of carboxylic acid groups (broad SMARTS) is 1. The quantitative estimate of drug-likeness (QED) is 0.536. The van der Waals surface area contributed by atoms with Crippen LogP contribution < -0.4 is 56.5 Å². The van der Waals surface area contributed by atoms with Gasteiger partial charge in [0.05, 0.1) is 10.5 Å². The van der Waals surface area contributed by atoms with Crippen LogP contribution in [0.4, 0.5) is 0 Å². The molecule has 1 aromatic heterocycles. The zero-order valence-corrected chi connectivity index (χ0v) is 11.6. The van der Waals surface area contributed by atoms with E-state index in [1.54, 1.807) is 13.8 Å². The van der Waals surface area contributed by atoms with Gasteiger partial charge in [-0.15, -0.1) is 11.3 Å². The van der Waals surface area contributed by atoms with Crippen molar-refractivity contribution in [2.45, 2.75) is 19.4 Å². The van der Waals surface area contributed by atoms with Crippen LogP contribution in [0.3, 0.4) is 0 Å². The number of carbonyl (C=O) groups excluding carboxylic acids is 1. The topological polar surface area (TPSA) is 73.2 Å². The van der Waals surface area contributed by atoms with E-state index in [1.165, 1.54) is 6.20 Å². The van der Waals surface area contributed by atoms with Crippen molar-refractivity contribution < 1.29 is 66.4 Å². The van der Waals surface area contributed by atoms with E-state index in [4.69, 9.17) is 0 Å². The minimum Gasteiger partial charge on any atom is -0.542 e. The third-order valence-corrected chi connectivity index (χ3v) is 2.57. The third-order valence-electron chi connectivity index (χ3n) is 1.28. The number of thiazole rings is 1. The van der Waals surface area contributed by atoms with E-state index in [9.17, 15) is 15.0 Å². The molecule has 1 rings (SSSR count). The maximum Gasteiger partial charge on any atom is 1.00 e. The van der Waals surface area contributed by atoms with Crippen molar-refractivity contribution in [1.29, 1.82) is 0 Å². The summed E-state index contributed by atoms with van der Waals surface area (Å²) >= 11 is 0.925.